The van der Waals surface area contributed by atoms with E-state index in [0.29, 0.717) is 9.79 Å². The van der Waals surface area contributed by atoms with Crippen LogP contribution in [-0.4, -0.2) is 11.1 Å². The number of rotatable bonds is 3. The number of aromatic carboxylic acids is 1. The summed E-state index contributed by atoms with van der Waals surface area (Å²) in [5, 5.41) is 8.94. The number of anilines is 1. The summed E-state index contributed by atoms with van der Waals surface area (Å²) in [6, 6.07) is 7.99. The zero-order chi connectivity index (χ0) is 14.0. The van der Waals surface area contributed by atoms with Crippen molar-refractivity contribution in [3.8, 4) is 0 Å². The van der Waals surface area contributed by atoms with Gasteiger partial charge in [-0.25, -0.2) is 13.6 Å². The fraction of sp³-hybridized carbons (Fsp3) is 0. The average molecular weight is 281 g/mol. The highest BCUT2D eigenvalue weighted by Gasteiger charge is 2.12. The van der Waals surface area contributed by atoms with E-state index in [-0.39, 0.29) is 11.3 Å². The van der Waals surface area contributed by atoms with Gasteiger partial charge >= 0.3 is 5.97 Å². The second-order valence-corrected chi connectivity index (χ2v) is 4.82. The fourth-order valence-electron chi connectivity index (χ4n) is 1.49. The summed E-state index contributed by atoms with van der Waals surface area (Å²) in [7, 11) is 0. The topological polar surface area (TPSA) is 63.3 Å². The maximum absolute atomic E-state index is 13.1. The van der Waals surface area contributed by atoms with Crippen LogP contribution in [-0.2, 0) is 0 Å². The third-order valence-corrected chi connectivity index (χ3v) is 3.48. The minimum Gasteiger partial charge on any atom is -0.478 e. The van der Waals surface area contributed by atoms with E-state index in [1.807, 2.05) is 0 Å². The number of nitrogens with two attached hydrogens (primary N) is 1. The van der Waals surface area contributed by atoms with Crippen LogP contribution in [0.3, 0.4) is 0 Å². The minimum absolute atomic E-state index is 0.0208. The molecular weight excluding hydrogens is 272 g/mol. The predicted octanol–water partition coefficient (Wildman–Crippen LogP) is 3.40. The number of benzene rings is 2. The largest absolute Gasteiger partial charge is 0.478 e. The van der Waals surface area contributed by atoms with Crippen molar-refractivity contribution >= 4 is 23.4 Å². The van der Waals surface area contributed by atoms with Gasteiger partial charge in [-0.15, -0.1) is 0 Å². The second kappa shape index (κ2) is 5.27. The van der Waals surface area contributed by atoms with E-state index < -0.39 is 17.6 Å². The van der Waals surface area contributed by atoms with Gasteiger partial charge in [0.05, 0.1) is 11.3 Å². The minimum atomic E-state index is -1.13. The number of hydrogen-bond acceptors (Lipinski definition) is 3. The van der Waals surface area contributed by atoms with Crippen LogP contribution in [0.1, 0.15) is 10.4 Å². The van der Waals surface area contributed by atoms with Crippen molar-refractivity contribution in [1.29, 1.82) is 0 Å². The first-order chi connectivity index (χ1) is 8.99. The Morgan fingerprint density at radius 3 is 2.53 bits per heavy atom. The van der Waals surface area contributed by atoms with Crippen molar-refractivity contribution < 1.29 is 18.7 Å². The number of hydrogen-bond donors (Lipinski definition) is 2. The highest BCUT2D eigenvalue weighted by Crippen LogP contribution is 2.34. The first kappa shape index (κ1) is 13.4. The normalized spacial score (nSPS) is 10.4. The molecule has 0 atom stereocenters. The van der Waals surface area contributed by atoms with Crippen molar-refractivity contribution in [3.63, 3.8) is 0 Å². The molecule has 0 unspecified atom stereocenters. The number of halogens is 2. The Kier molecular flexibility index (Phi) is 3.71. The predicted molar refractivity (Wildman–Crippen MR) is 68.3 cm³/mol. The van der Waals surface area contributed by atoms with Crippen LogP contribution < -0.4 is 5.73 Å². The molecule has 0 aliphatic heterocycles. The molecule has 2 aromatic carbocycles. The van der Waals surface area contributed by atoms with Crippen molar-refractivity contribution in [2.45, 2.75) is 9.79 Å². The lowest BCUT2D eigenvalue weighted by Crippen LogP contribution is -2.03. The number of carboxylic acid groups (broad SMARTS) is 1. The molecule has 3 nitrogen and oxygen atoms in total. The number of carbonyl (C=O) groups is 1. The third-order valence-electron chi connectivity index (χ3n) is 2.42. The molecule has 2 rings (SSSR count). The maximum atomic E-state index is 13.1. The van der Waals surface area contributed by atoms with Gasteiger partial charge in [0.25, 0.3) is 0 Å². The van der Waals surface area contributed by atoms with Crippen LogP contribution in [0.5, 0.6) is 0 Å². The van der Waals surface area contributed by atoms with Crippen LogP contribution >= 0.6 is 11.8 Å². The maximum Gasteiger partial charge on any atom is 0.337 e. The van der Waals surface area contributed by atoms with Crippen molar-refractivity contribution in [2.75, 3.05) is 5.73 Å². The Balaban J connectivity index is 2.35. The average Bonchev–Trinajstić information content (AvgIpc) is 2.36. The van der Waals surface area contributed by atoms with Gasteiger partial charge in [0.15, 0.2) is 11.6 Å². The second-order valence-electron chi connectivity index (χ2n) is 3.70. The van der Waals surface area contributed by atoms with Gasteiger partial charge in [0, 0.05) is 9.79 Å². The van der Waals surface area contributed by atoms with E-state index in [1.165, 1.54) is 12.1 Å². The van der Waals surface area contributed by atoms with E-state index in [9.17, 15) is 13.6 Å². The Morgan fingerprint density at radius 1 is 1.16 bits per heavy atom. The highest BCUT2D eigenvalue weighted by atomic mass is 32.2. The molecule has 0 radical (unpaired) electrons. The van der Waals surface area contributed by atoms with Gasteiger partial charge in [0.2, 0.25) is 0 Å². The van der Waals surface area contributed by atoms with Gasteiger partial charge < -0.3 is 10.8 Å². The van der Waals surface area contributed by atoms with E-state index >= 15 is 0 Å². The third kappa shape index (κ3) is 2.85. The van der Waals surface area contributed by atoms with E-state index in [2.05, 4.69) is 0 Å². The van der Waals surface area contributed by atoms with Crippen LogP contribution in [0.25, 0.3) is 0 Å². The molecule has 0 amide bonds. The molecule has 0 saturated heterocycles. The molecule has 0 fully saturated rings. The quantitative estimate of drug-likeness (QED) is 0.846. The van der Waals surface area contributed by atoms with Gasteiger partial charge in [-0.05, 0) is 30.3 Å². The monoisotopic (exact) mass is 281 g/mol. The van der Waals surface area contributed by atoms with Crippen LogP contribution in [0.4, 0.5) is 14.5 Å². The van der Waals surface area contributed by atoms with E-state index in [4.69, 9.17) is 10.8 Å². The molecule has 0 saturated carbocycles. The van der Waals surface area contributed by atoms with E-state index in [0.717, 1.165) is 23.9 Å². The lowest BCUT2D eigenvalue weighted by Gasteiger charge is -2.08. The van der Waals surface area contributed by atoms with Crippen molar-refractivity contribution in [3.05, 3.63) is 53.6 Å². The summed E-state index contributed by atoms with van der Waals surface area (Å²) in [6.45, 7) is 0. The smallest absolute Gasteiger partial charge is 0.337 e. The van der Waals surface area contributed by atoms with Crippen LogP contribution in [0.2, 0.25) is 0 Å². The number of para-hydroxylation sites is 1. The van der Waals surface area contributed by atoms with Crippen molar-refractivity contribution in [2.24, 2.45) is 0 Å². The van der Waals surface area contributed by atoms with Crippen LogP contribution in [0, 0.1) is 11.6 Å². The first-order valence-electron chi connectivity index (χ1n) is 5.23. The molecule has 0 aliphatic rings. The molecule has 98 valence electrons. The summed E-state index contributed by atoms with van der Waals surface area (Å²) in [5.74, 6) is -3.03. The Hall–Kier alpha value is -2.08. The zero-order valence-electron chi connectivity index (χ0n) is 9.56. The van der Waals surface area contributed by atoms with Gasteiger partial charge in [-0.1, -0.05) is 17.8 Å². The van der Waals surface area contributed by atoms with E-state index in [1.54, 1.807) is 12.1 Å². The standard InChI is InChI=1S/C13H9F2NO2S/c14-9-5-4-7(6-10(9)15)19-11-3-1-2-8(12(11)16)13(17)18/h1-6H,16H2,(H,17,18). The highest BCUT2D eigenvalue weighted by molar-refractivity contribution is 7.99. The van der Waals surface area contributed by atoms with Gasteiger partial charge in [-0.2, -0.15) is 0 Å². The van der Waals surface area contributed by atoms with Crippen LogP contribution in [0.15, 0.2) is 46.2 Å². The summed E-state index contributed by atoms with van der Waals surface area (Å²) >= 11 is 1.07. The SMILES string of the molecule is Nc1c(Sc2ccc(F)c(F)c2)cccc1C(=O)O. The molecule has 2 aromatic rings. The molecular formula is C13H9F2NO2S. The summed E-state index contributed by atoms with van der Waals surface area (Å²) in [4.78, 5) is 11.8. The molecule has 0 aliphatic carbocycles. The summed E-state index contributed by atoms with van der Waals surface area (Å²) in [5.41, 5.74) is 5.81. The molecule has 19 heavy (non-hydrogen) atoms. The summed E-state index contributed by atoms with van der Waals surface area (Å²) < 4.78 is 25.9. The molecule has 6 heteroatoms. The number of nitrogen functional groups attached to an aromatic ring is 1. The Labute approximate surface area is 112 Å². The first-order valence-corrected chi connectivity index (χ1v) is 6.05. The lowest BCUT2D eigenvalue weighted by molar-refractivity contribution is 0.0698. The molecule has 0 bridgehead atoms. The van der Waals surface area contributed by atoms with Crippen molar-refractivity contribution in [1.82, 2.24) is 0 Å². The molecule has 0 heterocycles. The Morgan fingerprint density at radius 2 is 1.89 bits per heavy atom. The van der Waals surface area contributed by atoms with Gasteiger partial charge in [0.1, 0.15) is 0 Å². The summed E-state index contributed by atoms with van der Waals surface area (Å²) in [6.07, 6.45) is 0. The fourth-order valence-corrected chi connectivity index (χ4v) is 2.41. The zero-order valence-corrected chi connectivity index (χ0v) is 10.4. The van der Waals surface area contributed by atoms with Gasteiger partial charge in [-0.3, -0.25) is 0 Å². The molecule has 0 aromatic heterocycles. The Bertz CT molecular complexity index is 647. The molecule has 3 N–H and O–H groups in total. The lowest BCUT2D eigenvalue weighted by atomic mass is 10.2. The molecule has 0 spiro atoms. The number of carboxylic acids is 1.